The summed E-state index contributed by atoms with van der Waals surface area (Å²) >= 11 is 0. The Hall–Kier alpha value is -1.51. The predicted molar refractivity (Wildman–Crippen MR) is 49.5 cm³/mol. The van der Waals surface area contributed by atoms with Gasteiger partial charge in [0, 0.05) is 5.92 Å². The van der Waals surface area contributed by atoms with Crippen molar-refractivity contribution < 1.29 is 14.6 Å². The molecule has 1 atom stereocenters. The van der Waals surface area contributed by atoms with Crippen LogP contribution in [0.3, 0.4) is 0 Å². The molecule has 1 saturated carbocycles. The Morgan fingerprint density at radius 1 is 1.57 bits per heavy atom. The van der Waals surface area contributed by atoms with Crippen molar-refractivity contribution >= 4 is 5.97 Å². The number of carboxylic acids is 1. The van der Waals surface area contributed by atoms with Crippen molar-refractivity contribution in [3.05, 3.63) is 34.6 Å². The predicted octanol–water partition coefficient (Wildman–Crippen LogP) is 1.63. The van der Waals surface area contributed by atoms with Gasteiger partial charge in [0.15, 0.2) is 0 Å². The smallest absolute Gasteiger partial charge is 0.339 e. The number of carboxylic acid groups (broad SMARTS) is 1. The van der Waals surface area contributed by atoms with Crippen LogP contribution in [0.2, 0.25) is 0 Å². The Labute approximate surface area is 81.4 Å². The van der Waals surface area contributed by atoms with Gasteiger partial charge >= 0.3 is 5.97 Å². The quantitative estimate of drug-likeness (QED) is 0.683. The van der Waals surface area contributed by atoms with Gasteiger partial charge in [0.25, 0.3) is 0 Å². The summed E-state index contributed by atoms with van der Waals surface area (Å²) in [6.07, 6.45) is 5.47. The Morgan fingerprint density at radius 3 is 3.21 bits per heavy atom. The van der Waals surface area contributed by atoms with E-state index in [4.69, 9.17) is 9.84 Å². The molecule has 2 aliphatic carbocycles. The molecule has 3 rings (SSSR count). The second kappa shape index (κ2) is 2.50. The van der Waals surface area contributed by atoms with Crippen molar-refractivity contribution in [2.24, 2.45) is 5.92 Å². The Morgan fingerprint density at radius 2 is 2.43 bits per heavy atom. The van der Waals surface area contributed by atoms with E-state index in [0.717, 1.165) is 18.4 Å². The average Bonchev–Trinajstić information content (AvgIpc) is 2.95. The molecular formula is C11H10O3. The summed E-state index contributed by atoms with van der Waals surface area (Å²) < 4.78 is 5.50. The first-order valence-electron chi connectivity index (χ1n) is 4.76. The van der Waals surface area contributed by atoms with Gasteiger partial charge in [-0.2, -0.15) is 0 Å². The molecule has 0 aromatic carbocycles. The molecule has 14 heavy (non-hydrogen) atoms. The van der Waals surface area contributed by atoms with E-state index in [9.17, 15) is 4.79 Å². The standard InChI is InChI=1S/C11H10O3/c12-11(13)8-3-1-2-7-9-4-6(9)5-14-10(7)8/h1,3,6H,2,4-5H2,(H,12,13). The molecule has 1 heterocycles. The van der Waals surface area contributed by atoms with Crippen LogP contribution < -0.4 is 0 Å². The Kier molecular flexibility index (Phi) is 1.40. The van der Waals surface area contributed by atoms with E-state index in [1.807, 2.05) is 6.08 Å². The molecule has 0 spiro atoms. The fourth-order valence-corrected chi connectivity index (χ4v) is 2.16. The van der Waals surface area contributed by atoms with Crippen LogP contribution in [0.15, 0.2) is 34.6 Å². The van der Waals surface area contributed by atoms with Crippen molar-refractivity contribution in [2.45, 2.75) is 12.8 Å². The summed E-state index contributed by atoms with van der Waals surface area (Å²) in [5, 5.41) is 8.97. The number of hydrogen-bond acceptors (Lipinski definition) is 2. The van der Waals surface area contributed by atoms with Crippen LogP contribution in [0.1, 0.15) is 12.8 Å². The minimum absolute atomic E-state index is 0.309. The summed E-state index contributed by atoms with van der Waals surface area (Å²) in [5.74, 6) is 0.298. The van der Waals surface area contributed by atoms with Crippen LogP contribution in [-0.2, 0) is 9.53 Å². The number of fused-ring (bicyclic) bond motifs is 2. The van der Waals surface area contributed by atoms with Crippen LogP contribution in [0.4, 0.5) is 0 Å². The van der Waals surface area contributed by atoms with Gasteiger partial charge in [-0.3, -0.25) is 0 Å². The maximum atomic E-state index is 10.9. The van der Waals surface area contributed by atoms with Gasteiger partial charge in [-0.05, 0) is 24.5 Å². The van der Waals surface area contributed by atoms with E-state index in [-0.39, 0.29) is 0 Å². The minimum atomic E-state index is -0.895. The van der Waals surface area contributed by atoms with Crippen LogP contribution >= 0.6 is 0 Å². The monoisotopic (exact) mass is 190 g/mol. The number of allylic oxidation sites excluding steroid dienone is 2. The number of hydrogen-bond donors (Lipinski definition) is 1. The lowest BCUT2D eigenvalue weighted by molar-refractivity contribution is -0.132. The molecule has 1 unspecified atom stereocenters. The van der Waals surface area contributed by atoms with E-state index in [0.29, 0.717) is 23.9 Å². The molecule has 0 saturated heterocycles. The number of carbonyl (C=O) groups is 1. The highest BCUT2D eigenvalue weighted by Crippen LogP contribution is 2.49. The van der Waals surface area contributed by atoms with E-state index in [1.165, 1.54) is 5.57 Å². The summed E-state index contributed by atoms with van der Waals surface area (Å²) in [6, 6.07) is 0. The van der Waals surface area contributed by atoms with Gasteiger partial charge < -0.3 is 9.84 Å². The zero-order valence-electron chi connectivity index (χ0n) is 7.62. The van der Waals surface area contributed by atoms with E-state index < -0.39 is 5.97 Å². The third kappa shape index (κ3) is 0.953. The zero-order chi connectivity index (χ0) is 9.71. The van der Waals surface area contributed by atoms with E-state index in [1.54, 1.807) is 6.08 Å². The molecule has 3 nitrogen and oxygen atoms in total. The second-order valence-corrected chi connectivity index (χ2v) is 3.87. The SMILES string of the molecule is O=C(O)C1=C2OCC3CC3=C2CC=C1. The van der Waals surface area contributed by atoms with Crippen molar-refractivity contribution in [3.8, 4) is 0 Å². The molecule has 1 fully saturated rings. The fraction of sp³-hybridized carbons (Fsp3) is 0.364. The van der Waals surface area contributed by atoms with Crippen molar-refractivity contribution in [1.82, 2.24) is 0 Å². The first kappa shape index (κ1) is 7.85. The molecule has 3 heteroatoms. The van der Waals surface area contributed by atoms with E-state index >= 15 is 0 Å². The van der Waals surface area contributed by atoms with Crippen LogP contribution in [0, 0.1) is 5.92 Å². The number of ether oxygens (including phenoxy) is 1. The molecule has 0 amide bonds. The highest BCUT2D eigenvalue weighted by Gasteiger charge is 2.40. The third-order valence-electron chi connectivity index (χ3n) is 2.97. The maximum absolute atomic E-state index is 10.9. The zero-order valence-corrected chi connectivity index (χ0v) is 7.62. The first-order valence-corrected chi connectivity index (χ1v) is 4.76. The van der Waals surface area contributed by atoms with Crippen molar-refractivity contribution in [3.63, 3.8) is 0 Å². The van der Waals surface area contributed by atoms with Gasteiger partial charge in [-0.1, -0.05) is 11.6 Å². The maximum Gasteiger partial charge on any atom is 0.339 e. The largest absolute Gasteiger partial charge is 0.492 e. The lowest BCUT2D eigenvalue weighted by Crippen LogP contribution is -2.14. The van der Waals surface area contributed by atoms with Gasteiger partial charge in [0.1, 0.15) is 11.3 Å². The van der Waals surface area contributed by atoms with Crippen molar-refractivity contribution in [1.29, 1.82) is 0 Å². The summed E-state index contributed by atoms with van der Waals surface area (Å²) in [7, 11) is 0. The molecule has 0 aromatic rings. The van der Waals surface area contributed by atoms with Gasteiger partial charge in [-0.25, -0.2) is 4.79 Å². The Bertz CT molecular complexity index is 412. The summed E-state index contributed by atoms with van der Waals surface area (Å²) in [5.41, 5.74) is 2.85. The molecule has 0 aromatic heterocycles. The number of rotatable bonds is 1. The molecule has 1 N–H and O–H groups in total. The average molecular weight is 190 g/mol. The molecular weight excluding hydrogens is 180 g/mol. The van der Waals surface area contributed by atoms with Crippen LogP contribution in [-0.4, -0.2) is 17.7 Å². The summed E-state index contributed by atoms with van der Waals surface area (Å²) in [4.78, 5) is 10.9. The fourth-order valence-electron chi connectivity index (χ4n) is 2.16. The lowest BCUT2D eigenvalue weighted by Gasteiger charge is -2.21. The molecule has 3 aliphatic rings. The van der Waals surface area contributed by atoms with E-state index in [2.05, 4.69) is 0 Å². The molecule has 1 aliphatic heterocycles. The molecule has 72 valence electrons. The Balaban J connectivity index is 2.14. The number of aliphatic carboxylic acids is 1. The third-order valence-corrected chi connectivity index (χ3v) is 2.97. The van der Waals surface area contributed by atoms with Crippen LogP contribution in [0.5, 0.6) is 0 Å². The minimum Gasteiger partial charge on any atom is -0.492 e. The van der Waals surface area contributed by atoms with Gasteiger partial charge in [0.2, 0.25) is 0 Å². The highest BCUT2D eigenvalue weighted by molar-refractivity contribution is 5.92. The molecule has 0 bridgehead atoms. The molecule has 0 radical (unpaired) electrons. The first-order chi connectivity index (χ1) is 6.77. The van der Waals surface area contributed by atoms with Gasteiger partial charge in [0.05, 0.1) is 6.61 Å². The topological polar surface area (TPSA) is 46.5 Å². The van der Waals surface area contributed by atoms with Crippen LogP contribution in [0.25, 0.3) is 0 Å². The second-order valence-electron chi connectivity index (χ2n) is 3.87. The highest BCUT2D eigenvalue weighted by atomic mass is 16.5. The normalized spacial score (nSPS) is 28.1. The lowest BCUT2D eigenvalue weighted by atomic mass is 9.97. The van der Waals surface area contributed by atoms with Crippen molar-refractivity contribution in [2.75, 3.05) is 6.61 Å². The van der Waals surface area contributed by atoms with Gasteiger partial charge in [-0.15, -0.1) is 0 Å². The summed E-state index contributed by atoms with van der Waals surface area (Å²) in [6.45, 7) is 0.665.